The number of fused-ring (bicyclic) bond motifs is 1. The van der Waals surface area contributed by atoms with E-state index in [0.29, 0.717) is 19.1 Å². The fraction of sp³-hybridized carbons (Fsp3) is 0.464. The van der Waals surface area contributed by atoms with Crippen molar-refractivity contribution in [2.45, 2.75) is 62.8 Å². The van der Waals surface area contributed by atoms with Gasteiger partial charge in [-0.3, -0.25) is 9.59 Å². The van der Waals surface area contributed by atoms with E-state index in [4.69, 9.17) is 23.7 Å². The molecule has 0 unspecified atom stereocenters. The molecule has 5 rings (SSSR count). The number of rotatable bonds is 7. The molecule has 7 nitrogen and oxygen atoms in total. The summed E-state index contributed by atoms with van der Waals surface area (Å²) in [5.41, 5.74) is 4.25. The van der Waals surface area contributed by atoms with Crippen LogP contribution in [0.5, 0.6) is 11.5 Å². The van der Waals surface area contributed by atoms with Crippen LogP contribution in [0.15, 0.2) is 36.4 Å². The molecule has 2 aromatic carbocycles. The summed E-state index contributed by atoms with van der Waals surface area (Å²) in [5.74, 6) is 1.22. The number of carbonyl (C=O) groups is 2. The summed E-state index contributed by atoms with van der Waals surface area (Å²) in [6.07, 6.45) is 4.75. The standard InChI is InChI=1S/C28H31O7S/c1-16(29)33-25-15-26(36-3)35-27(28(25)34-17(2)30)20-7-8-22(19-5-6-19)21(14-20)12-18-4-9-23-24(13-18)32-11-10-31-23/h4,7-9,13-15,19,25-28H,5-6,10-12H2,1-3H3/t25-,26-,27+,28+/m1/s1. The summed E-state index contributed by atoms with van der Waals surface area (Å²) >= 11 is 1.50. The quantitative estimate of drug-likeness (QED) is 0.493. The molecule has 1 radical (unpaired) electrons. The van der Waals surface area contributed by atoms with Crippen molar-refractivity contribution in [1.82, 2.24) is 0 Å². The molecule has 0 aromatic heterocycles. The second kappa shape index (κ2) is 10.7. The van der Waals surface area contributed by atoms with Gasteiger partial charge in [-0.2, -0.15) is 0 Å². The third-order valence-corrected chi connectivity index (χ3v) is 7.33. The largest absolute Gasteiger partial charge is 0.486 e. The number of ether oxygens (including phenoxy) is 5. The SMILES string of the molecule is CS[C@@H]1[CH][C@@H](OC(C)=O)[C@H](OC(C)=O)[C@H](c2ccc(C3CC3)c(Cc3ccc4c(c3)OCCO4)c2)O1. The molecule has 1 saturated heterocycles. The van der Waals surface area contributed by atoms with E-state index in [1.807, 2.05) is 18.4 Å². The minimum Gasteiger partial charge on any atom is -0.486 e. The van der Waals surface area contributed by atoms with Gasteiger partial charge >= 0.3 is 11.9 Å². The van der Waals surface area contributed by atoms with E-state index in [1.54, 1.807) is 6.42 Å². The van der Waals surface area contributed by atoms with Crippen LogP contribution < -0.4 is 9.47 Å². The van der Waals surface area contributed by atoms with Crippen LogP contribution in [0.2, 0.25) is 0 Å². The van der Waals surface area contributed by atoms with Crippen LogP contribution in [-0.4, -0.2) is 49.1 Å². The Morgan fingerprint density at radius 2 is 1.72 bits per heavy atom. The van der Waals surface area contributed by atoms with Crippen molar-refractivity contribution in [2.24, 2.45) is 0 Å². The van der Waals surface area contributed by atoms with E-state index in [2.05, 4.69) is 24.3 Å². The van der Waals surface area contributed by atoms with Gasteiger partial charge in [-0.1, -0.05) is 24.3 Å². The molecular formula is C28H31O7S. The van der Waals surface area contributed by atoms with Crippen LogP contribution in [0, 0.1) is 6.42 Å². The predicted octanol–water partition coefficient (Wildman–Crippen LogP) is 4.75. The molecule has 191 valence electrons. The summed E-state index contributed by atoms with van der Waals surface area (Å²) in [7, 11) is 0. The zero-order valence-corrected chi connectivity index (χ0v) is 21.5. The second-order valence-electron chi connectivity index (χ2n) is 9.39. The minimum atomic E-state index is -0.774. The van der Waals surface area contributed by atoms with Crippen molar-refractivity contribution in [3.63, 3.8) is 0 Å². The first-order chi connectivity index (χ1) is 17.4. The fourth-order valence-electron chi connectivity index (χ4n) is 4.89. The minimum absolute atomic E-state index is 0.310. The normalized spacial score (nSPS) is 25.2. The fourth-order valence-corrected chi connectivity index (χ4v) is 5.43. The Balaban J connectivity index is 1.48. The van der Waals surface area contributed by atoms with Crippen LogP contribution in [-0.2, 0) is 30.2 Å². The van der Waals surface area contributed by atoms with Gasteiger partial charge in [0.2, 0.25) is 0 Å². The summed E-state index contributed by atoms with van der Waals surface area (Å²) in [6.45, 7) is 3.82. The van der Waals surface area contributed by atoms with E-state index in [9.17, 15) is 9.59 Å². The molecule has 3 aliphatic rings. The smallest absolute Gasteiger partial charge is 0.303 e. The van der Waals surface area contributed by atoms with Crippen LogP contribution in [0.4, 0.5) is 0 Å². The number of thioether (sulfide) groups is 1. The molecule has 1 aliphatic carbocycles. The van der Waals surface area contributed by atoms with E-state index in [0.717, 1.165) is 29.0 Å². The lowest BCUT2D eigenvalue weighted by Crippen LogP contribution is -2.47. The molecule has 2 aromatic rings. The molecule has 1 saturated carbocycles. The Labute approximate surface area is 215 Å². The Morgan fingerprint density at radius 3 is 2.42 bits per heavy atom. The van der Waals surface area contributed by atoms with Crippen LogP contribution >= 0.6 is 11.8 Å². The molecule has 2 aliphatic heterocycles. The lowest BCUT2D eigenvalue weighted by molar-refractivity contribution is -0.187. The van der Waals surface area contributed by atoms with Gasteiger partial charge in [0.15, 0.2) is 17.6 Å². The third-order valence-electron chi connectivity index (χ3n) is 6.60. The van der Waals surface area contributed by atoms with E-state index in [1.165, 1.54) is 49.6 Å². The topological polar surface area (TPSA) is 80.3 Å². The van der Waals surface area contributed by atoms with Crippen LogP contribution in [0.25, 0.3) is 0 Å². The molecule has 36 heavy (non-hydrogen) atoms. The Hall–Kier alpha value is -2.71. The van der Waals surface area contributed by atoms with Crippen LogP contribution in [0.3, 0.4) is 0 Å². The molecule has 0 amide bonds. The monoisotopic (exact) mass is 511 g/mol. The van der Waals surface area contributed by atoms with Crippen LogP contribution in [0.1, 0.15) is 61.0 Å². The molecule has 2 fully saturated rings. The van der Waals surface area contributed by atoms with Crippen molar-refractivity contribution in [3.05, 3.63) is 65.1 Å². The molecule has 8 heteroatoms. The zero-order chi connectivity index (χ0) is 25.2. The van der Waals surface area contributed by atoms with Gasteiger partial charge in [0.25, 0.3) is 0 Å². The number of hydrogen-bond acceptors (Lipinski definition) is 8. The first-order valence-corrected chi connectivity index (χ1v) is 13.6. The van der Waals surface area contributed by atoms with Crippen molar-refractivity contribution in [1.29, 1.82) is 0 Å². The highest BCUT2D eigenvalue weighted by molar-refractivity contribution is 7.99. The van der Waals surface area contributed by atoms with E-state index in [-0.39, 0.29) is 5.44 Å². The Bertz CT molecular complexity index is 1130. The molecule has 0 N–H and O–H groups in total. The average molecular weight is 512 g/mol. The summed E-state index contributed by atoms with van der Waals surface area (Å²) in [6, 6.07) is 12.5. The van der Waals surface area contributed by atoms with Gasteiger partial charge in [-0.05, 0) is 65.8 Å². The molecule has 2 heterocycles. The number of hydrogen-bond donors (Lipinski definition) is 0. The highest BCUT2D eigenvalue weighted by Crippen LogP contribution is 2.45. The van der Waals surface area contributed by atoms with Crippen molar-refractivity contribution in [2.75, 3.05) is 19.5 Å². The van der Waals surface area contributed by atoms with Gasteiger partial charge < -0.3 is 23.7 Å². The van der Waals surface area contributed by atoms with Gasteiger partial charge in [0, 0.05) is 20.3 Å². The maximum atomic E-state index is 12.0. The zero-order valence-electron chi connectivity index (χ0n) is 20.7. The molecule has 0 bridgehead atoms. The van der Waals surface area contributed by atoms with Gasteiger partial charge in [0.1, 0.15) is 30.9 Å². The van der Waals surface area contributed by atoms with Gasteiger partial charge in [-0.25, -0.2) is 0 Å². The maximum Gasteiger partial charge on any atom is 0.303 e. The highest BCUT2D eigenvalue weighted by Gasteiger charge is 2.44. The number of benzene rings is 2. The average Bonchev–Trinajstić information content (AvgIpc) is 3.70. The van der Waals surface area contributed by atoms with Crippen molar-refractivity contribution >= 4 is 23.7 Å². The predicted molar refractivity (Wildman–Crippen MR) is 135 cm³/mol. The van der Waals surface area contributed by atoms with E-state index >= 15 is 0 Å². The molecule has 0 spiro atoms. The summed E-state index contributed by atoms with van der Waals surface area (Å²) in [4.78, 5) is 23.8. The van der Waals surface area contributed by atoms with Gasteiger partial charge in [0.05, 0.1) is 0 Å². The first-order valence-electron chi connectivity index (χ1n) is 12.3. The van der Waals surface area contributed by atoms with E-state index < -0.39 is 30.3 Å². The summed E-state index contributed by atoms with van der Waals surface area (Å²) < 4.78 is 29.0. The lowest BCUT2D eigenvalue weighted by Gasteiger charge is -2.40. The Kier molecular flexibility index (Phi) is 7.44. The first kappa shape index (κ1) is 25.0. The Morgan fingerprint density at radius 1 is 0.972 bits per heavy atom. The lowest BCUT2D eigenvalue weighted by atomic mass is 9.90. The second-order valence-corrected chi connectivity index (χ2v) is 10.3. The van der Waals surface area contributed by atoms with Gasteiger partial charge in [-0.15, -0.1) is 11.8 Å². The summed E-state index contributed by atoms with van der Waals surface area (Å²) in [5, 5.41) is 0. The van der Waals surface area contributed by atoms with Crippen molar-refractivity contribution in [3.8, 4) is 11.5 Å². The number of carbonyl (C=O) groups excluding carboxylic acids is 2. The molecular weight excluding hydrogens is 480 g/mol. The van der Waals surface area contributed by atoms with Crippen molar-refractivity contribution < 1.29 is 33.3 Å². The highest BCUT2D eigenvalue weighted by atomic mass is 32.2. The molecule has 4 atom stereocenters. The number of esters is 2. The maximum absolute atomic E-state index is 12.0. The third kappa shape index (κ3) is 5.65.